The van der Waals surface area contributed by atoms with E-state index in [-0.39, 0.29) is 17.8 Å². The van der Waals surface area contributed by atoms with Crippen LogP contribution in [-0.2, 0) is 4.79 Å². The van der Waals surface area contributed by atoms with E-state index < -0.39 is 0 Å². The normalized spacial score (nSPS) is 9.64. The number of carbonyl (C=O) groups excluding carboxylic acids is 1. The van der Waals surface area contributed by atoms with Gasteiger partial charge in [0.15, 0.2) is 5.96 Å². The fraction of sp³-hybridized carbons (Fsp3) is 0.625. The molecule has 0 aliphatic carbocycles. The number of aliphatic imine (C=N–C) groups is 1. The Morgan fingerprint density at radius 2 is 1.86 bits per heavy atom. The summed E-state index contributed by atoms with van der Waals surface area (Å²) in [5.41, 5.74) is 5.38. The van der Waals surface area contributed by atoms with E-state index in [9.17, 15) is 4.79 Å². The van der Waals surface area contributed by atoms with Gasteiger partial charge in [-0.3, -0.25) is 15.5 Å². The van der Waals surface area contributed by atoms with Gasteiger partial charge in [0.2, 0.25) is 11.9 Å². The van der Waals surface area contributed by atoms with Gasteiger partial charge in [-0.25, -0.2) is 0 Å². The first-order chi connectivity index (χ1) is 6.43. The summed E-state index contributed by atoms with van der Waals surface area (Å²) < 4.78 is 0. The molecule has 0 fully saturated rings. The van der Waals surface area contributed by atoms with Crippen molar-refractivity contribution in [3.8, 4) is 0 Å². The third-order valence-corrected chi connectivity index (χ3v) is 0.979. The minimum Gasteiger partial charge on any atom is -0.369 e. The quantitative estimate of drug-likeness (QED) is 0.379. The summed E-state index contributed by atoms with van der Waals surface area (Å²) in [6.45, 7) is 5.30. The van der Waals surface area contributed by atoms with Crippen molar-refractivity contribution >= 4 is 17.8 Å². The van der Waals surface area contributed by atoms with Gasteiger partial charge in [0.25, 0.3) is 0 Å². The van der Waals surface area contributed by atoms with E-state index in [1.807, 2.05) is 13.8 Å². The van der Waals surface area contributed by atoms with Crippen LogP contribution in [0.1, 0.15) is 20.8 Å². The van der Waals surface area contributed by atoms with Crippen molar-refractivity contribution in [2.24, 2.45) is 10.7 Å². The van der Waals surface area contributed by atoms with Crippen LogP contribution in [0, 0.1) is 5.41 Å². The number of nitrogens with two attached hydrogens (primary N) is 1. The maximum atomic E-state index is 10.4. The Labute approximate surface area is 84.7 Å². The number of hydrogen-bond donors (Lipinski definition) is 3. The Bertz CT molecular complexity index is 222. The molecule has 0 saturated carbocycles. The molecule has 0 spiro atoms. The Balaban J connectivity index is 0. The van der Waals surface area contributed by atoms with Crippen LogP contribution in [0.2, 0.25) is 0 Å². The second-order valence-corrected chi connectivity index (χ2v) is 2.39. The van der Waals surface area contributed by atoms with Gasteiger partial charge in [-0.15, -0.1) is 0 Å². The average molecular weight is 201 g/mol. The summed E-state index contributed by atoms with van der Waals surface area (Å²) in [6.07, 6.45) is 0. The average Bonchev–Trinajstić information content (AvgIpc) is 2.05. The number of guanidine groups is 2. The third kappa shape index (κ3) is 8.51. The Morgan fingerprint density at radius 3 is 2.14 bits per heavy atom. The highest BCUT2D eigenvalue weighted by molar-refractivity contribution is 6.00. The zero-order valence-corrected chi connectivity index (χ0v) is 9.38. The molecule has 6 nitrogen and oxygen atoms in total. The number of amides is 1. The molecule has 0 aliphatic rings. The molecule has 6 heteroatoms. The molecule has 0 aliphatic heterocycles. The largest absolute Gasteiger partial charge is 0.369 e. The summed E-state index contributed by atoms with van der Waals surface area (Å²) in [4.78, 5) is 15.6. The summed E-state index contributed by atoms with van der Waals surface area (Å²) in [6, 6.07) is 0. The zero-order chi connectivity index (χ0) is 11.7. The molecule has 0 aromatic carbocycles. The topological polar surface area (TPSA) is 94.6 Å². The lowest BCUT2D eigenvalue weighted by Gasteiger charge is -2.10. The molecule has 1 amide bonds. The van der Waals surface area contributed by atoms with Crippen molar-refractivity contribution in [3.63, 3.8) is 0 Å². The molecular weight excluding hydrogens is 182 g/mol. The van der Waals surface area contributed by atoms with Crippen LogP contribution >= 0.6 is 0 Å². The lowest BCUT2D eigenvalue weighted by molar-refractivity contribution is -0.117. The Hall–Kier alpha value is -1.59. The Kier molecular flexibility index (Phi) is 8.55. The molecule has 0 heterocycles. The van der Waals surface area contributed by atoms with Gasteiger partial charge in [0.1, 0.15) is 0 Å². The van der Waals surface area contributed by atoms with Gasteiger partial charge in [-0.05, 0) is 0 Å². The second kappa shape index (κ2) is 8.03. The number of rotatable bonds is 0. The highest BCUT2D eigenvalue weighted by Gasteiger charge is 1.99. The van der Waals surface area contributed by atoms with E-state index in [0.29, 0.717) is 0 Å². The minimum atomic E-state index is -0.338. The first-order valence-electron chi connectivity index (χ1n) is 4.31. The molecule has 0 rings (SSSR count). The van der Waals surface area contributed by atoms with Crippen molar-refractivity contribution in [1.82, 2.24) is 10.2 Å². The van der Waals surface area contributed by atoms with Crippen molar-refractivity contribution in [1.29, 1.82) is 5.41 Å². The van der Waals surface area contributed by atoms with E-state index >= 15 is 0 Å². The SMILES string of the molecule is CC.CC(=O)NC(=N)/N=C(\N)N(C)C. The molecule has 0 radical (unpaired) electrons. The van der Waals surface area contributed by atoms with Crippen LogP contribution in [0.3, 0.4) is 0 Å². The lowest BCUT2D eigenvalue weighted by atomic mass is 10.7. The predicted octanol–water partition coefficient (Wildman–Crippen LogP) is -0.0402. The maximum Gasteiger partial charge on any atom is 0.225 e. The smallest absolute Gasteiger partial charge is 0.225 e. The molecule has 0 bridgehead atoms. The number of nitrogens with zero attached hydrogens (tertiary/aromatic N) is 2. The monoisotopic (exact) mass is 201 g/mol. The van der Waals surface area contributed by atoms with Crippen LogP contribution in [-0.4, -0.2) is 36.8 Å². The lowest BCUT2D eigenvalue weighted by Crippen LogP contribution is -2.34. The summed E-state index contributed by atoms with van der Waals surface area (Å²) in [7, 11) is 3.39. The zero-order valence-electron chi connectivity index (χ0n) is 9.38. The first-order valence-corrected chi connectivity index (χ1v) is 4.31. The van der Waals surface area contributed by atoms with Gasteiger partial charge in [-0.1, -0.05) is 13.8 Å². The van der Waals surface area contributed by atoms with Crippen LogP contribution in [0.4, 0.5) is 0 Å². The van der Waals surface area contributed by atoms with E-state index in [1.165, 1.54) is 11.8 Å². The summed E-state index contributed by atoms with van der Waals surface area (Å²) in [5.74, 6) is -0.419. The summed E-state index contributed by atoms with van der Waals surface area (Å²) in [5, 5.41) is 9.30. The molecule has 0 aromatic rings. The minimum absolute atomic E-state index is 0.175. The van der Waals surface area contributed by atoms with Gasteiger partial charge >= 0.3 is 0 Å². The molecule has 14 heavy (non-hydrogen) atoms. The number of nitrogens with one attached hydrogen (secondary N) is 2. The predicted molar refractivity (Wildman–Crippen MR) is 58.2 cm³/mol. The van der Waals surface area contributed by atoms with Crippen LogP contribution in [0.25, 0.3) is 0 Å². The van der Waals surface area contributed by atoms with E-state index in [2.05, 4.69) is 10.3 Å². The van der Waals surface area contributed by atoms with Crippen LogP contribution < -0.4 is 11.1 Å². The fourth-order valence-electron chi connectivity index (χ4n) is 0.409. The number of carbonyl (C=O) groups is 1. The molecule has 0 atom stereocenters. The van der Waals surface area contributed by atoms with E-state index in [0.717, 1.165) is 0 Å². The van der Waals surface area contributed by atoms with Gasteiger partial charge in [0.05, 0.1) is 0 Å². The first kappa shape index (κ1) is 14.9. The maximum absolute atomic E-state index is 10.4. The molecule has 0 unspecified atom stereocenters. The standard InChI is InChI=1S/C6H13N5O.C2H6/c1-4(12)9-5(7)10-6(8)11(2)3;1-2/h1-3H3,(H4,7,8,9,10,12);1-2H3. The highest BCUT2D eigenvalue weighted by Crippen LogP contribution is 1.77. The van der Waals surface area contributed by atoms with Gasteiger partial charge < -0.3 is 10.6 Å². The van der Waals surface area contributed by atoms with Crippen LogP contribution in [0.5, 0.6) is 0 Å². The second-order valence-electron chi connectivity index (χ2n) is 2.39. The highest BCUT2D eigenvalue weighted by atomic mass is 16.1. The molecular formula is C8H19N5O. The van der Waals surface area contributed by atoms with Crippen molar-refractivity contribution in [2.45, 2.75) is 20.8 Å². The van der Waals surface area contributed by atoms with E-state index in [1.54, 1.807) is 14.1 Å². The van der Waals surface area contributed by atoms with Crippen molar-refractivity contribution in [3.05, 3.63) is 0 Å². The van der Waals surface area contributed by atoms with Crippen molar-refractivity contribution in [2.75, 3.05) is 14.1 Å². The van der Waals surface area contributed by atoms with Crippen LogP contribution in [0.15, 0.2) is 4.99 Å². The summed E-state index contributed by atoms with van der Waals surface area (Å²) >= 11 is 0. The number of hydrogen-bond acceptors (Lipinski definition) is 2. The molecule has 0 aromatic heterocycles. The van der Waals surface area contributed by atoms with Crippen molar-refractivity contribution < 1.29 is 4.79 Å². The van der Waals surface area contributed by atoms with Gasteiger partial charge in [-0.2, -0.15) is 4.99 Å². The van der Waals surface area contributed by atoms with E-state index in [4.69, 9.17) is 11.1 Å². The molecule has 82 valence electrons. The molecule has 4 N–H and O–H groups in total. The third-order valence-electron chi connectivity index (χ3n) is 0.979. The van der Waals surface area contributed by atoms with Gasteiger partial charge in [0, 0.05) is 21.0 Å². The Morgan fingerprint density at radius 1 is 1.43 bits per heavy atom. The molecule has 0 saturated heterocycles. The fourth-order valence-corrected chi connectivity index (χ4v) is 0.409.